The molecule has 3 fully saturated rings. The van der Waals surface area contributed by atoms with E-state index in [2.05, 4.69) is 0 Å². The minimum Gasteiger partial charge on any atom is -0.507 e. The van der Waals surface area contributed by atoms with Crippen LogP contribution in [0.3, 0.4) is 0 Å². The number of allylic oxidation sites excluding steroid dienone is 2. The van der Waals surface area contributed by atoms with Gasteiger partial charge >= 0.3 is 0 Å². The Kier molecular flexibility index (Phi) is 13.1. The number of hydrogen-bond acceptors (Lipinski definition) is 19. The third-order valence-electron chi connectivity index (χ3n) is 10.1. The Labute approximate surface area is 325 Å². The number of aliphatic hydroxyl groups is 9. The molecule has 0 amide bonds. The van der Waals surface area contributed by atoms with Gasteiger partial charge in [0.15, 0.2) is 18.2 Å². The van der Waals surface area contributed by atoms with Gasteiger partial charge in [-0.25, -0.2) is 0 Å². The molecule has 3 aliphatic rings. The highest BCUT2D eigenvalue weighted by Gasteiger charge is 2.51. The Morgan fingerprint density at radius 1 is 0.772 bits per heavy atom. The summed E-state index contributed by atoms with van der Waals surface area (Å²) in [6.07, 6.45) is -20.5. The van der Waals surface area contributed by atoms with Gasteiger partial charge in [0, 0.05) is 17.2 Å². The van der Waals surface area contributed by atoms with Crippen molar-refractivity contribution in [3.05, 3.63) is 57.8 Å². The largest absolute Gasteiger partial charge is 0.507 e. The van der Waals surface area contributed by atoms with Gasteiger partial charge in [0.1, 0.15) is 83.2 Å². The fourth-order valence-corrected chi connectivity index (χ4v) is 6.78. The number of benzene rings is 2. The van der Waals surface area contributed by atoms with Crippen molar-refractivity contribution in [2.75, 3.05) is 20.3 Å². The van der Waals surface area contributed by atoms with Crippen molar-refractivity contribution in [1.29, 1.82) is 0 Å². The predicted octanol–water partition coefficient (Wildman–Crippen LogP) is -1.47. The molecule has 4 heterocycles. The van der Waals surface area contributed by atoms with Crippen molar-refractivity contribution in [3.63, 3.8) is 0 Å². The third-order valence-corrected chi connectivity index (χ3v) is 10.1. The Balaban J connectivity index is 1.50. The summed E-state index contributed by atoms with van der Waals surface area (Å²) in [6, 6.07) is 7.26. The molecule has 314 valence electrons. The molecule has 19 nitrogen and oxygen atoms in total. The number of ether oxygens (including phenoxy) is 7. The van der Waals surface area contributed by atoms with Crippen molar-refractivity contribution < 1.29 is 88.6 Å². The summed E-state index contributed by atoms with van der Waals surface area (Å²) in [6.45, 7) is 3.62. The molecule has 3 saturated heterocycles. The number of phenolic OH excluding ortho intramolecular Hbond substituents is 1. The number of methoxy groups -OCH3 is 1. The van der Waals surface area contributed by atoms with E-state index in [-0.39, 0.29) is 34.6 Å². The van der Waals surface area contributed by atoms with E-state index in [4.69, 9.17) is 37.6 Å². The number of rotatable bonds is 12. The number of fused-ring (bicyclic) bond motifs is 1. The monoisotopic (exact) mass is 808 g/mol. The van der Waals surface area contributed by atoms with Crippen LogP contribution < -0.4 is 19.6 Å². The summed E-state index contributed by atoms with van der Waals surface area (Å²) in [5, 5.41) is 105. The lowest BCUT2D eigenvalue weighted by Gasteiger charge is -2.42. The fraction of sp³-hybridized carbons (Fsp3) is 0.553. The maximum atomic E-state index is 14.7. The minimum absolute atomic E-state index is 0.0186. The van der Waals surface area contributed by atoms with Gasteiger partial charge in [-0.05, 0) is 51.5 Å². The molecular formula is C38H48O19. The molecule has 0 aliphatic carbocycles. The lowest BCUT2D eigenvalue weighted by atomic mass is 9.99. The first-order valence-corrected chi connectivity index (χ1v) is 18.2. The molecule has 0 unspecified atom stereocenters. The zero-order valence-electron chi connectivity index (χ0n) is 31.3. The van der Waals surface area contributed by atoms with E-state index >= 15 is 0 Å². The van der Waals surface area contributed by atoms with Crippen LogP contribution in [0.1, 0.15) is 26.3 Å². The van der Waals surface area contributed by atoms with Crippen molar-refractivity contribution in [2.45, 2.75) is 113 Å². The average molecular weight is 809 g/mol. The van der Waals surface area contributed by atoms with Gasteiger partial charge in [-0.15, -0.1) is 0 Å². The summed E-state index contributed by atoms with van der Waals surface area (Å²) in [5.74, 6) is -1.21. The molecule has 6 rings (SSSR count). The van der Waals surface area contributed by atoms with Crippen LogP contribution in [-0.2, 0) is 25.4 Å². The van der Waals surface area contributed by atoms with E-state index in [9.17, 15) is 55.9 Å². The van der Waals surface area contributed by atoms with Gasteiger partial charge in [0.05, 0.1) is 26.4 Å². The maximum Gasteiger partial charge on any atom is 0.239 e. The number of hydrogen-bond donors (Lipinski definition) is 10. The summed E-state index contributed by atoms with van der Waals surface area (Å²) in [4.78, 5) is 14.7. The van der Waals surface area contributed by atoms with E-state index in [1.807, 2.05) is 0 Å². The lowest BCUT2D eigenvalue weighted by Crippen LogP contribution is -2.60. The van der Waals surface area contributed by atoms with Gasteiger partial charge in [-0.2, -0.15) is 0 Å². The van der Waals surface area contributed by atoms with Crippen molar-refractivity contribution in [1.82, 2.24) is 0 Å². The van der Waals surface area contributed by atoms with Crippen molar-refractivity contribution in [3.8, 4) is 34.3 Å². The second kappa shape index (κ2) is 17.5. The standard InChI is InChI=1S/C38H48O19/c1-14(2)5-10-18-20(52-36-31(49)28(46)25(43)21(12-39)53-36)11-19(41)23-27(45)34(32(55-33(18)23)16-6-8-17(50-4)9-7-16)56-38-35(29(47)24(42)15(3)51-38)57-37-30(48)26(44)22(13-40)54-37/h5-9,11,15,21-22,24-26,28-31,35-44,46-49H,10,12-13H2,1-4H3/t15-,21+,22+,24-,25+,26-,28-,29+,30+,31+,35+,36+,37-,38-/m0/s1. The number of phenols is 1. The zero-order chi connectivity index (χ0) is 41.5. The summed E-state index contributed by atoms with van der Waals surface area (Å²) < 4.78 is 46.6. The first-order chi connectivity index (χ1) is 27.1. The van der Waals surface area contributed by atoms with Crippen LogP contribution in [-0.4, -0.2) is 157 Å². The van der Waals surface area contributed by atoms with E-state index in [1.165, 1.54) is 26.2 Å². The van der Waals surface area contributed by atoms with E-state index in [0.29, 0.717) is 5.75 Å². The van der Waals surface area contributed by atoms with Gasteiger partial charge in [0.2, 0.25) is 23.8 Å². The minimum atomic E-state index is -1.81. The second-order valence-corrected chi connectivity index (χ2v) is 14.3. The Morgan fingerprint density at radius 2 is 1.39 bits per heavy atom. The average Bonchev–Trinajstić information content (AvgIpc) is 3.46. The van der Waals surface area contributed by atoms with Gasteiger partial charge in [-0.3, -0.25) is 4.79 Å². The highest BCUT2D eigenvalue weighted by atomic mass is 16.8. The van der Waals surface area contributed by atoms with Crippen LogP contribution in [0.2, 0.25) is 0 Å². The van der Waals surface area contributed by atoms with Gasteiger partial charge in [0.25, 0.3) is 0 Å². The Bertz CT molecular complexity index is 1940. The molecule has 57 heavy (non-hydrogen) atoms. The quantitative estimate of drug-likeness (QED) is 0.0935. The number of aromatic hydroxyl groups is 1. The van der Waals surface area contributed by atoms with Crippen LogP contribution in [0.4, 0.5) is 0 Å². The van der Waals surface area contributed by atoms with Crippen molar-refractivity contribution >= 4 is 11.0 Å². The third kappa shape index (κ3) is 8.35. The molecule has 3 aliphatic heterocycles. The zero-order valence-corrected chi connectivity index (χ0v) is 31.3. The molecule has 3 aromatic rings. The highest BCUT2D eigenvalue weighted by Crippen LogP contribution is 2.42. The molecular weight excluding hydrogens is 760 g/mol. The smallest absolute Gasteiger partial charge is 0.239 e. The first-order valence-electron chi connectivity index (χ1n) is 18.2. The summed E-state index contributed by atoms with van der Waals surface area (Å²) >= 11 is 0. The molecule has 14 atom stereocenters. The molecule has 19 heteroatoms. The first kappa shape index (κ1) is 42.7. The SMILES string of the molecule is COc1ccc(-c2oc3c(CC=C(C)C)c(O[C@@H]4O[C@H](CO)[C@@H](O)[C@H](O)[C@H]4O)cc(O)c3c(=O)c2O[C@@H]2O[C@@H](C)[C@H](O)[C@@H](O)[C@H]2O[C@@H]2O[C@H](CO)[C@H](O)[C@H]2O)cc1. The summed E-state index contributed by atoms with van der Waals surface area (Å²) in [5.41, 5.74) is 0.0650. The second-order valence-electron chi connectivity index (χ2n) is 14.3. The fourth-order valence-electron chi connectivity index (χ4n) is 6.78. The Morgan fingerprint density at radius 3 is 2.00 bits per heavy atom. The molecule has 0 saturated carbocycles. The molecule has 0 spiro atoms. The molecule has 1 aromatic heterocycles. The molecule has 0 bridgehead atoms. The van der Waals surface area contributed by atoms with E-state index < -0.39 is 122 Å². The lowest BCUT2D eigenvalue weighted by molar-refractivity contribution is -0.315. The van der Waals surface area contributed by atoms with E-state index in [0.717, 1.165) is 11.6 Å². The van der Waals surface area contributed by atoms with Crippen molar-refractivity contribution in [2.24, 2.45) is 0 Å². The van der Waals surface area contributed by atoms with Gasteiger partial charge < -0.3 is 88.6 Å². The summed E-state index contributed by atoms with van der Waals surface area (Å²) in [7, 11) is 1.45. The van der Waals surface area contributed by atoms with Gasteiger partial charge in [-0.1, -0.05) is 11.6 Å². The maximum absolute atomic E-state index is 14.7. The topological polar surface area (TPSA) is 297 Å². The molecule has 2 aromatic carbocycles. The van der Waals surface area contributed by atoms with Crippen LogP contribution in [0.15, 0.2) is 51.2 Å². The normalized spacial score (nSPS) is 34.3. The highest BCUT2D eigenvalue weighted by molar-refractivity contribution is 5.91. The van der Waals surface area contributed by atoms with E-state index in [1.54, 1.807) is 32.1 Å². The Hall–Kier alpha value is -3.93. The van der Waals surface area contributed by atoms with Crippen LogP contribution in [0.5, 0.6) is 23.0 Å². The molecule has 0 radical (unpaired) electrons. The van der Waals surface area contributed by atoms with Crippen LogP contribution in [0.25, 0.3) is 22.3 Å². The molecule has 10 N–H and O–H groups in total. The van der Waals surface area contributed by atoms with Crippen LogP contribution >= 0.6 is 0 Å². The van der Waals surface area contributed by atoms with Crippen LogP contribution in [0, 0.1) is 0 Å². The predicted molar refractivity (Wildman–Crippen MR) is 193 cm³/mol. The number of aliphatic hydroxyl groups excluding tert-OH is 9.